The lowest BCUT2D eigenvalue weighted by molar-refractivity contribution is -0.131. The number of aryl methyl sites for hydroxylation is 2. The molecule has 1 heterocycles. The fourth-order valence-corrected chi connectivity index (χ4v) is 3.16. The number of fused-ring (bicyclic) bond motifs is 1. The van der Waals surface area contributed by atoms with E-state index < -0.39 is 5.54 Å². The van der Waals surface area contributed by atoms with Crippen LogP contribution in [-0.2, 0) is 27.9 Å². The Balaban J connectivity index is 1.90. The molecule has 112 valence electrons. The van der Waals surface area contributed by atoms with Gasteiger partial charge in [-0.1, -0.05) is 18.2 Å². The summed E-state index contributed by atoms with van der Waals surface area (Å²) in [6.45, 7) is 2.40. The number of rotatable bonds is 4. The van der Waals surface area contributed by atoms with E-state index in [1.165, 1.54) is 16.0 Å². The lowest BCUT2D eigenvalue weighted by Crippen LogP contribution is -2.41. The first-order valence-corrected chi connectivity index (χ1v) is 7.31. The number of carbonyl (C=O) groups is 2. The molecule has 0 aromatic heterocycles. The van der Waals surface area contributed by atoms with Crippen LogP contribution in [0, 0.1) is 0 Å². The predicted octanol–water partition coefficient (Wildman–Crippen LogP) is 1.59. The minimum Gasteiger partial charge on any atom is -0.383 e. The molecule has 5 nitrogen and oxygen atoms in total. The molecule has 2 aliphatic rings. The standard InChI is InChI=1S/C16H20N2O3/c1-16(13-7-6-11-4-3-5-12(11)10-13)14(19)18(8-9-21-2)15(20)17-16/h6-7,10H,3-5,8-9H2,1-2H3,(H,17,20)/t16-/m1/s1. The highest BCUT2D eigenvalue weighted by Gasteiger charge is 2.48. The molecule has 3 rings (SSSR count). The van der Waals surface area contributed by atoms with E-state index in [1.807, 2.05) is 6.07 Å². The number of carbonyl (C=O) groups excluding carboxylic acids is 2. The van der Waals surface area contributed by atoms with Crippen LogP contribution in [0.1, 0.15) is 30.0 Å². The molecule has 0 bridgehead atoms. The first-order chi connectivity index (χ1) is 10.1. The number of nitrogens with zero attached hydrogens (tertiary/aromatic N) is 1. The van der Waals surface area contributed by atoms with Gasteiger partial charge in [0.05, 0.1) is 13.2 Å². The largest absolute Gasteiger partial charge is 0.383 e. The summed E-state index contributed by atoms with van der Waals surface area (Å²) >= 11 is 0. The van der Waals surface area contributed by atoms with E-state index in [1.54, 1.807) is 14.0 Å². The van der Waals surface area contributed by atoms with Crippen LogP contribution in [0.4, 0.5) is 4.79 Å². The highest BCUT2D eigenvalue weighted by Crippen LogP contribution is 2.32. The lowest BCUT2D eigenvalue weighted by Gasteiger charge is -2.23. The monoisotopic (exact) mass is 288 g/mol. The van der Waals surface area contributed by atoms with Crippen LogP contribution in [0.15, 0.2) is 18.2 Å². The molecule has 1 aromatic rings. The second-order valence-electron chi connectivity index (χ2n) is 5.84. The average molecular weight is 288 g/mol. The number of urea groups is 1. The summed E-state index contributed by atoms with van der Waals surface area (Å²) in [5.74, 6) is -0.206. The van der Waals surface area contributed by atoms with Crippen LogP contribution < -0.4 is 5.32 Å². The molecule has 3 amide bonds. The minimum absolute atomic E-state index is 0.206. The van der Waals surface area contributed by atoms with Gasteiger partial charge in [0.25, 0.3) is 5.91 Å². The lowest BCUT2D eigenvalue weighted by atomic mass is 9.90. The van der Waals surface area contributed by atoms with Gasteiger partial charge in [-0.15, -0.1) is 0 Å². The van der Waals surface area contributed by atoms with Crippen LogP contribution >= 0.6 is 0 Å². The fraction of sp³-hybridized carbons (Fsp3) is 0.500. The molecular weight excluding hydrogens is 268 g/mol. The van der Waals surface area contributed by atoms with E-state index in [2.05, 4.69) is 17.4 Å². The number of amides is 3. The van der Waals surface area contributed by atoms with Crippen LogP contribution in [0.2, 0.25) is 0 Å². The highest BCUT2D eigenvalue weighted by molar-refractivity contribution is 6.07. The van der Waals surface area contributed by atoms with Gasteiger partial charge in [0.1, 0.15) is 5.54 Å². The van der Waals surface area contributed by atoms with Crippen LogP contribution in [0.25, 0.3) is 0 Å². The smallest absolute Gasteiger partial charge is 0.325 e. The molecule has 5 heteroatoms. The van der Waals surface area contributed by atoms with E-state index in [9.17, 15) is 9.59 Å². The number of benzene rings is 1. The van der Waals surface area contributed by atoms with Crippen molar-refractivity contribution in [1.29, 1.82) is 0 Å². The first-order valence-electron chi connectivity index (χ1n) is 7.31. The van der Waals surface area contributed by atoms with Gasteiger partial charge in [0.15, 0.2) is 0 Å². The van der Waals surface area contributed by atoms with E-state index in [-0.39, 0.29) is 18.5 Å². The minimum atomic E-state index is -0.970. The Morgan fingerprint density at radius 2 is 2.05 bits per heavy atom. The van der Waals surface area contributed by atoms with Crippen molar-refractivity contribution in [2.75, 3.05) is 20.3 Å². The molecule has 1 aliphatic carbocycles. The second-order valence-corrected chi connectivity index (χ2v) is 5.84. The molecule has 0 unspecified atom stereocenters. The zero-order valence-electron chi connectivity index (χ0n) is 12.4. The summed E-state index contributed by atoms with van der Waals surface area (Å²) in [5, 5.41) is 2.83. The Labute approximate surface area is 124 Å². The van der Waals surface area contributed by atoms with E-state index in [0.717, 1.165) is 24.8 Å². The molecule has 1 fully saturated rings. The number of hydrogen-bond acceptors (Lipinski definition) is 3. The summed E-state index contributed by atoms with van der Waals surface area (Å²) in [6.07, 6.45) is 3.32. The van der Waals surface area contributed by atoms with Crippen molar-refractivity contribution in [1.82, 2.24) is 10.2 Å². The third-order valence-corrected chi connectivity index (χ3v) is 4.47. The molecule has 21 heavy (non-hydrogen) atoms. The number of imide groups is 1. The molecule has 1 atom stereocenters. The Bertz CT molecular complexity index is 599. The molecule has 0 spiro atoms. The quantitative estimate of drug-likeness (QED) is 0.856. The average Bonchev–Trinajstić information content (AvgIpc) is 3.01. The summed E-state index contributed by atoms with van der Waals surface area (Å²) in [5.41, 5.74) is 2.55. The SMILES string of the molecule is COCCN1C(=O)N[C@](C)(c2ccc3c(c2)CCC3)C1=O. The summed E-state index contributed by atoms with van der Waals surface area (Å²) in [6, 6.07) is 5.77. The molecule has 1 aliphatic heterocycles. The Morgan fingerprint density at radius 1 is 1.29 bits per heavy atom. The molecule has 1 aromatic carbocycles. The van der Waals surface area contributed by atoms with Gasteiger partial charge in [-0.3, -0.25) is 9.69 Å². The van der Waals surface area contributed by atoms with E-state index in [0.29, 0.717) is 6.61 Å². The second kappa shape index (κ2) is 5.15. The third-order valence-electron chi connectivity index (χ3n) is 4.47. The van der Waals surface area contributed by atoms with Crippen molar-refractivity contribution < 1.29 is 14.3 Å². The Hall–Kier alpha value is -1.88. The maximum Gasteiger partial charge on any atom is 0.325 e. The van der Waals surface area contributed by atoms with Crippen molar-refractivity contribution in [3.8, 4) is 0 Å². The van der Waals surface area contributed by atoms with Gasteiger partial charge in [0.2, 0.25) is 0 Å². The van der Waals surface area contributed by atoms with Crippen LogP contribution in [0.5, 0.6) is 0 Å². The fourth-order valence-electron chi connectivity index (χ4n) is 3.16. The van der Waals surface area contributed by atoms with Crippen LogP contribution in [0.3, 0.4) is 0 Å². The van der Waals surface area contributed by atoms with E-state index in [4.69, 9.17) is 4.74 Å². The number of methoxy groups -OCH3 is 1. The summed E-state index contributed by atoms with van der Waals surface area (Å²) < 4.78 is 4.96. The van der Waals surface area contributed by atoms with Gasteiger partial charge in [-0.25, -0.2) is 4.79 Å². The maximum atomic E-state index is 12.6. The Morgan fingerprint density at radius 3 is 2.81 bits per heavy atom. The molecule has 1 saturated heterocycles. The van der Waals surface area contributed by atoms with Crippen molar-refractivity contribution in [3.05, 3.63) is 34.9 Å². The van der Waals surface area contributed by atoms with Crippen molar-refractivity contribution >= 4 is 11.9 Å². The molecule has 0 radical (unpaired) electrons. The number of hydrogen-bond donors (Lipinski definition) is 1. The normalized spacial score (nSPS) is 24.4. The number of ether oxygens (including phenoxy) is 1. The van der Waals surface area contributed by atoms with Gasteiger partial charge in [-0.2, -0.15) is 0 Å². The van der Waals surface area contributed by atoms with Crippen molar-refractivity contribution in [2.45, 2.75) is 31.7 Å². The van der Waals surface area contributed by atoms with Crippen molar-refractivity contribution in [3.63, 3.8) is 0 Å². The number of nitrogens with one attached hydrogen (secondary N) is 1. The maximum absolute atomic E-state index is 12.6. The van der Waals surface area contributed by atoms with Gasteiger partial charge in [-0.05, 0) is 42.9 Å². The highest BCUT2D eigenvalue weighted by atomic mass is 16.5. The van der Waals surface area contributed by atoms with Gasteiger partial charge < -0.3 is 10.1 Å². The van der Waals surface area contributed by atoms with Gasteiger partial charge >= 0.3 is 6.03 Å². The molecule has 0 saturated carbocycles. The van der Waals surface area contributed by atoms with E-state index >= 15 is 0 Å². The Kier molecular flexibility index (Phi) is 3.45. The molecule has 1 N–H and O–H groups in total. The van der Waals surface area contributed by atoms with Crippen LogP contribution in [-0.4, -0.2) is 37.1 Å². The van der Waals surface area contributed by atoms with Crippen molar-refractivity contribution in [2.24, 2.45) is 0 Å². The predicted molar refractivity (Wildman–Crippen MR) is 77.9 cm³/mol. The summed E-state index contributed by atoms with van der Waals surface area (Å²) in [4.78, 5) is 25.9. The first kappa shape index (κ1) is 14.1. The van der Waals surface area contributed by atoms with Gasteiger partial charge in [0, 0.05) is 7.11 Å². The zero-order valence-corrected chi connectivity index (χ0v) is 12.4. The summed E-state index contributed by atoms with van der Waals surface area (Å²) in [7, 11) is 1.55. The molecular formula is C16H20N2O3. The third kappa shape index (κ3) is 2.21. The topological polar surface area (TPSA) is 58.6 Å². The zero-order chi connectivity index (χ0) is 15.0.